The minimum absolute atomic E-state index is 0.274. The molecule has 3 aromatic heterocycles. The summed E-state index contributed by atoms with van der Waals surface area (Å²) in [5.41, 5.74) is 3.04. The zero-order valence-corrected chi connectivity index (χ0v) is 21.1. The number of hydrogen-bond acceptors (Lipinski definition) is 9. The average molecular weight is 550 g/mol. The number of fused-ring (bicyclic) bond motifs is 2. The Morgan fingerprint density at radius 2 is 1.97 bits per heavy atom. The van der Waals surface area contributed by atoms with Gasteiger partial charge in [-0.05, 0) is 32.3 Å². The number of piperazine rings is 1. The van der Waals surface area contributed by atoms with E-state index in [1.165, 1.54) is 30.2 Å². The lowest BCUT2D eigenvalue weighted by Crippen LogP contribution is -2.52. The van der Waals surface area contributed by atoms with E-state index in [0.717, 1.165) is 31.6 Å². The maximum absolute atomic E-state index is 13.2. The lowest BCUT2D eigenvalue weighted by Gasteiger charge is -2.36. The van der Waals surface area contributed by atoms with Crippen LogP contribution in [-0.4, -0.2) is 86.7 Å². The van der Waals surface area contributed by atoms with Gasteiger partial charge in [-0.2, -0.15) is 28.2 Å². The van der Waals surface area contributed by atoms with Crippen LogP contribution >= 0.6 is 0 Å². The number of carbonyl (C=O) groups is 2. The molecule has 208 valence electrons. The van der Waals surface area contributed by atoms with Crippen LogP contribution in [0.3, 0.4) is 0 Å². The number of halogens is 3. The fourth-order valence-corrected chi connectivity index (χ4v) is 4.75. The number of aromatic nitrogens is 5. The number of carboxylic acid groups (broad SMARTS) is 1. The number of methoxy groups -OCH3 is 1. The third-order valence-electron chi connectivity index (χ3n) is 6.74. The van der Waals surface area contributed by atoms with Crippen LogP contribution in [-0.2, 0) is 11.2 Å². The van der Waals surface area contributed by atoms with E-state index in [1.807, 2.05) is 0 Å². The van der Waals surface area contributed by atoms with E-state index in [1.54, 1.807) is 24.2 Å². The number of pyridine rings is 1. The van der Waals surface area contributed by atoms with Crippen LogP contribution in [0, 0.1) is 6.92 Å². The first-order valence-electron chi connectivity index (χ1n) is 12.1. The Kier molecular flexibility index (Phi) is 6.65. The summed E-state index contributed by atoms with van der Waals surface area (Å²) in [6.07, 6.45) is 1.62. The van der Waals surface area contributed by atoms with E-state index < -0.39 is 12.1 Å². The molecule has 0 bridgehead atoms. The van der Waals surface area contributed by atoms with Gasteiger partial charge in [-0.25, -0.2) is 19.1 Å². The number of carboxylic acids is 1. The number of amides is 2. The molecule has 3 aliphatic rings. The number of aryl methyl sites for hydroxylation is 1. The minimum Gasteiger partial charge on any atom is -0.479 e. The topological polar surface area (TPSA) is 150 Å². The molecule has 2 aliphatic heterocycles. The monoisotopic (exact) mass is 549 g/mol. The number of urea groups is 1. The number of rotatable bonds is 3. The van der Waals surface area contributed by atoms with Crippen molar-refractivity contribution in [2.45, 2.75) is 37.9 Å². The highest BCUT2D eigenvalue weighted by Gasteiger charge is 2.46. The van der Waals surface area contributed by atoms with Crippen molar-refractivity contribution in [3.8, 4) is 5.88 Å². The van der Waals surface area contributed by atoms with Gasteiger partial charge in [-0.1, -0.05) is 0 Å². The number of ether oxygens (including phenoxy) is 1. The highest BCUT2D eigenvalue weighted by Crippen LogP contribution is 2.41. The summed E-state index contributed by atoms with van der Waals surface area (Å²) < 4.78 is 38.6. The molecule has 1 spiro atoms. The first-order valence-corrected chi connectivity index (χ1v) is 12.1. The second kappa shape index (κ2) is 9.83. The molecular formula is C23H26F3N9O4. The van der Waals surface area contributed by atoms with Crippen molar-refractivity contribution in [2.75, 3.05) is 48.4 Å². The summed E-state index contributed by atoms with van der Waals surface area (Å²) in [4.78, 5) is 39.4. The minimum atomic E-state index is -5.08. The first-order chi connectivity index (χ1) is 18.5. The van der Waals surface area contributed by atoms with Gasteiger partial charge in [0.1, 0.15) is 17.3 Å². The predicted molar refractivity (Wildman–Crippen MR) is 132 cm³/mol. The second-order valence-corrected chi connectivity index (χ2v) is 9.46. The quantitative estimate of drug-likeness (QED) is 0.443. The van der Waals surface area contributed by atoms with Gasteiger partial charge in [0.25, 0.3) is 5.78 Å². The number of aliphatic carboxylic acids is 1. The summed E-state index contributed by atoms with van der Waals surface area (Å²) in [6.45, 7) is 5.31. The van der Waals surface area contributed by atoms with Gasteiger partial charge in [-0.15, -0.1) is 0 Å². The van der Waals surface area contributed by atoms with Crippen LogP contribution in [0.2, 0.25) is 0 Å². The molecule has 5 heterocycles. The van der Waals surface area contributed by atoms with E-state index in [-0.39, 0.29) is 17.5 Å². The number of nitrogens with one attached hydrogen (secondary N) is 2. The highest BCUT2D eigenvalue weighted by molar-refractivity contribution is 6.03. The number of alkyl halides is 3. The van der Waals surface area contributed by atoms with Gasteiger partial charge in [0.15, 0.2) is 0 Å². The Balaban J connectivity index is 0.000000392. The van der Waals surface area contributed by atoms with E-state index in [2.05, 4.69) is 41.7 Å². The second-order valence-electron chi connectivity index (χ2n) is 9.46. The van der Waals surface area contributed by atoms with Crippen molar-refractivity contribution in [3.05, 3.63) is 29.8 Å². The average Bonchev–Trinajstić information content (AvgIpc) is 3.31. The maximum Gasteiger partial charge on any atom is 0.490 e. The standard InChI is InChI=1S/C21H25N9O2.C2HF3O2/c1-13-24-19-26-18(32-2)15(11-30(19)27-13)25-20(31)29-9-4-14-16(3-7-22-17(14)29)28-10-8-23-21(12-28)5-6-21;3-2(4,5)1(6)7/h3,7,11,23H,4-6,8-10,12H2,1-2H3,(H,25,31);(H,6,7). The molecule has 2 fully saturated rings. The van der Waals surface area contributed by atoms with Gasteiger partial charge in [0.2, 0.25) is 5.88 Å². The molecule has 0 atom stereocenters. The molecular weight excluding hydrogens is 523 g/mol. The predicted octanol–water partition coefficient (Wildman–Crippen LogP) is 2.01. The van der Waals surface area contributed by atoms with Crippen molar-refractivity contribution in [2.24, 2.45) is 0 Å². The largest absolute Gasteiger partial charge is 0.490 e. The normalized spacial score (nSPS) is 17.5. The molecule has 0 aromatic carbocycles. The van der Waals surface area contributed by atoms with Crippen LogP contribution in [0.15, 0.2) is 18.5 Å². The molecule has 16 heteroatoms. The molecule has 0 unspecified atom stereocenters. The molecule has 1 saturated carbocycles. The van der Waals surface area contributed by atoms with E-state index in [4.69, 9.17) is 14.6 Å². The number of anilines is 3. The van der Waals surface area contributed by atoms with Gasteiger partial charge in [0.05, 0.1) is 13.3 Å². The van der Waals surface area contributed by atoms with Gasteiger partial charge in [-0.3, -0.25) is 4.90 Å². The fraction of sp³-hybridized carbons (Fsp3) is 0.478. The van der Waals surface area contributed by atoms with Crippen LogP contribution in [0.5, 0.6) is 5.88 Å². The number of hydrogen-bond donors (Lipinski definition) is 3. The fourth-order valence-electron chi connectivity index (χ4n) is 4.75. The highest BCUT2D eigenvalue weighted by atomic mass is 19.4. The summed E-state index contributed by atoms with van der Waals surface area (Å²) in [7, 11) is 1.51. The zero-order valence-electron chi connectivity index (χ0n) is 21.1. The SMILES string of the molecule is COc1nc2nc(C)nn2cc1NC(=O)N1CCc2c(N3CCNC4(CC4)C3)ccnc21.O=C(O)C(F)(F)F. The van der Waals surface area contributed by atoms with Crippen molar-refractivity contribution >= 4 is 35.0 Å². The zero-order chi connectivity index (χ0) is 27.9. The lowest BCUT2D eigenvalue weighted by atomic mass is 10.1. The van der Waals surface area contributed by atoms with Crippen LogP contribution in [0.4, 0.5) is 35.2 Å². The molecule has 0 radical (unpaired) electrons. The Bertz CT molecular complexity index is 1420. The van der Waals surface area contributed by atoms with Crippen LogP contribution in [0.25, 0.3) is 5.78 Å². The van der Waals surface area contributed by atoms with E-state index in [9.17, 15) is 18.0 Å². The third-order valence-corrected chi connectivity index (χ3v) is 6.74. The van der Waals surface area contributed by atoms with Gasteiger partial charge >= 0.3 is 18.2 Å². The molecule has 3 aromatic rings. The van der Waals surface area contributed by atoms with Gasteiger partial charge < -0.3 is 25.4 Å². The molecule has 39 heavy (non-hydrogen) atoms. The summed E-state index contributed by atoms with van der Waals surface area (Å²) in [5, 5.41) is 18.0. The van der Waals surface area contributed by atoms with Crippen molar-refractivity contribution in [1.82, 2.24) is 29.9 Å². The van der Waals surface area contributed by atoms with E-state index >= 15 is 0 Å². The Hall–Kier alpha value is -4.21. The molecule has 1 saturated heterocycles. The Morgan fingerprint density at radius 3 is 2.64 bits per heavy atom. The molecule has 2 amide bonds. The summed E-state index contributed by atoms with van der Waals surface area (Å²) >= 11 is 0. The molecule has 3 N–H and O–H groups in total. The lowest BCUT2D eigenvalue weighted by molar-refractivity contribution is -0.192. The Morgan fingerprint density at radius 1 is 1.23 bits per heavy atom. The van der Waals surface area contributed by atoms with Crippen molar-refractivity contribution in [3.63, 3.8) is 0 Å². The molecule has 13 nitrogen and oxygen atoms in total. The van der Waals surface area contributed by atoms with E-state index in [0.29, 0.717) is 29.7 Å². The van der Waals surface area contributed by atoms with Crippen molar-refractivity contribution in [1.29, 1.82) is 0 Å². The smallest absolute Gasteiger partial charge is 0.479 e. The number of carbonyl (C=O) groups excluding carboxylic acids is 1. The molecule has 1 aliphatic carbocycles. The van der Waals surface area contributed by atoms with Crippen LogP contribution in [0.1, 0.15) is 24.2 Å². The van der Waals surface area contributed by atoms with Crippen LogP contribution < -0.4 is 25.2 Å². The molecule has 6 rings (SSSR count). The first kappa shape index (κ1) is 26.4. The Labute approximate surface area is 220 Å². The van der Waals surface area contributed by atoms with Gasteiger partial charge in [0, 0.05) is 49.2 Å². The maximum atomic E-state index is 13.2. The van der Waals surface area contributed by atoms with Crippen molar-refractivity contribution < 1.29 is 32.6 Å². The summed E-state index contributed by atoms with van der Waals surface area (Å²) in [6, 6.07) is 1.80. The number of nitrogens with zero attached hydrogens (tertiary/aromatic N) is 7. The third kappa shape index (κ3) is 5.36. The summed E-state index contributed by atoms with van der Waals surface area (Å²) in [5.74, 6) is -0.746.